The third-order valence-electron chi connectivity index (χ3n) is 2.88. The van der Waals surface area contributed by atoms with Gasteiger partial charge in [-0.3, -0.25) is 0 Å². The Kier molecular flexibility index (Phi) is 10.5. The molecule has 0 rings (SSSR count). The Morgan fingerprint density at radius 1 is 1.15 bits per heavy atom. The normalized spacial score (nSPS) is 14.2. The van der Waals surface area contributed by atoms with Gasteiger partial charge >= 0.3 is 0 Å². The second-order valence-electron chi connectivity index (χ2n) is 6.13. The number of hydrogen-bond donors (Lipinski definition) is 2. The van der Waals surface area contributed by atoms with Crippen LogP contribution in [0.2, 0.25) is 0 Å². The van der Waals surface area contributed by atoms with Crippen LogP contribution in [-0.4, -0.2) is 58.8 Å². The predicted molar refractivity (Wildman–Crippen MR) is 86.5 cm³/mol. The molecule has 1 atom stereocenters. The molecule has 0 aromatic carbocycles. The SMILES string of the molecule is CCCNCCCS(=O)(=O)NC(CC(C)C)CN(C)C. The van der Waals surface area contributed by atoms with Gasteiger partial charge in [0.1, 0.15) is 0 Å². The lowest BCUT2D eigenvalue weighted by Crippen LogP contribution is -2.43. The van der Waals surface area contributed by atoms with E-state index < -0.39 is 10.0 Å². The van der Waals surface area contributed by atoms with Crippen molar-refractivity contribution in [3.05, 3.63) is 0 Å². The van der Waals surface area contributed by atoms with Crippen molar-refractivity contribution in [3.8, 4) is 0 Å². The van der Waals surface area contributed by atoms with Gasteiger partial charge < -0.3 is 10.2 Å². The fraction of sp³-hybridized carbons (Fsp3) is 1.00. The van der Waals surface area contributed by atoms with Crippen LogP contribution in [0.4, 0.5) is 0 Å². The third kappa shape index (κ3) is 11.6. The molecule has 0 radical (unpaired) electrons. The van der Waals surface area contributed by atoms with Gasteiger partial charge in [-0.15, -0.1) is 0 Å². The average molecular weight is 308 g/mol. The molecule has 0 aromatic heterocycles. The molecule has 0 saturated heterocycles. The van der Waals surface area contributed by atoms with Gasteiger partial charge in [-0.25, -0.2) is 13.1 Å². The summed E-state index contributed by atoms with van der Waals surface area (Å²) in [5, 5.41) is 3.22. The maximum absolute atomic E-state index is 12.1. The fourth-order valence-corrected chi connectivity index (χ4v) is 3.49. The lowest BCUT2D eigenvalue weighted by molar-refractivity contribution is 0.329. The topological polar surface area (TPSA) is 61.4 Å². The number of likely N-dealkylation sites (N-methyl/N-ethyl adjacent to an activating group) is 1. The molecule has 0 aromatic rings. The maximum atomic E-state index is 12.1. The summed E-state index contributed by atoms with van der Waals surface area (Å²) in [7, 11) is 0.761. The van der Waals surface area contributed by atoms with Gasteiger partial charge in [-0.2, -0.15) is 0 Å². The van der Waals surface area contributed by atoms with Crippen LogP contribution in [0.1, 0.15) is 40.0 Å². The van der Waals surface area contributed by atoms with Crippen LogP contribution >= 0.6 is 0 Å². The highest BCUT2D eigenvalue weighted by molar-refractivity contribution is 7.89. The minimum atomic E-state index is -3.18. The summed E-state index contributed by atoms with van der Waals surface area (Å²) in [5.74, 6) is 0.681. The van der Waals surface area contributed by atoms with Gasteiger partial charge in [0.2, 0.25) is 10.0 Å². The molecule has 0 fully saturated rings. The quantitative estimate of drug-likeness (QED) is 0.533. The second kappa shape index (κ2) is 10.5. The highest BCUT2D eigenvalue weighted by Crippen LogP contribution is 2.07. The summed E-state index contributed by atoms with van der Waals surface area (Å²) in [6, 6.07) is -0.00130. The van der Waals surface area contributed by atoms with Gasteiger partial charge in [-0.1, -0.05) is 20.8 Å². The molecule has 2 N–H and O–H groups in total. The van der Waals surface area contributed by atoms with Crippen LogP contribution in [0, 0.1) is 5.92 Å². The van der Waals surface area contributed by atoms with E-state index >= 15 is 0 Å². The van der Waals surface area contributed by atoms with Gasteiger partial charge in [0.05, 0.1) is 5.75 Å². The molecule has 0 heterocycles. The summed E-state index contributed by atoms with van der Waals surface area (Å²) >= 11 is 0. The van der Waals surface area contributed by atoms with E-state index in [2.05, 4.69) is 30.8 Å². The van der Waals surface area contributed by atoms with Gasteiger partial charge in [0.25, 0.3) is 0 Å². The van der Waals surface area contributed by atoms with Crippen LogP contribution in [0.25, 0.3) is 0 Å². The van der Waals surface area contributed by atoms with Crippen LogP contribution in [0.5, 0.6) is 0 Å². The van der Waals surface area contributed by atoms with E-state index in [-0.39, 0.29) is 11.8 Å². The number of sulfonamides is 1. The molecule has 5 nitrogen and oxygen atoms in total. The minimum Gasteiger partial charge on any atom is -0.317 e. The van der Waals surface area contributed by atoms with E-state index in [1.165, 1.54) is 0 Å². The first-order valence-electron chi connectivity index (χ1n) is 7.62. The maximum Gasteiger partial charge on any atom is 0.211 e. The Morgan fingerprint density at radius 2 is 1.80 bits per heavy atom. The molecule has 20 heavy (non-hydrogen) atoms. The molecule has 0 saturated carbocycles. The molecular formula is C14H33N3O2S. The number of nitrogens with one attached hydrogen (secondary N) is 2. The Balaban J connectivity index is 4.22. The first kappa shape index (κ1) is 19.8. The molecule has 6 heteroatoms. The zero-order valence-electron chi connectivity index (χ0n) is 13.8. The lowest BCUT2D eigenvalue weighted by Gasteiger charge is -2.23. The molecule has 0 aliphatic heterocycles. The zero-order chi connectivity index (χ0) is 15.6. The predicted octanol–water partition coefficient (Wildman–Crippen LogP) is 1.27. The van der Waals surface area contributed by atoms with Crippen molar-refractivity contribution in [2.45, 2.75) is 46.1 Å². The van der Waals surface area contributed by atoms with Crippen LogP contribution in [-0.2, 0) is 10.0 Å². The van der Waals surface area contributed by atoms with Crippen molar-refractivity contribution in [3.63, 3.8) is 0 Å². The Labute approximate surface area is 125 Å². The Hall–Kier alpha value is -0.170. The summed E-state index contributed by atoms with van der Waals surface area (Å²) in [6.45, 7) is 8.78. The van der Waals surface area contributed by atoms with Crippen LogP contribution in [0.3, 0.4) is 0 Å². The molecule has 1 unspecified atom stereocenters. The molecule has 0 spiro atoms. The highest BCUT2D eigenvalue weighted by atomic mass is 32.2. The molecule has 122 valence electrons. The van der Waals surface area contributed by atoms with E-state index in [4.69, 9.17) is 0 Å². The van der Waals surface area contributed by atoms with Crippen LogP contribution in [0.15, 0.2) is 0 Å². The largest absolute Gasteiger partial charge is 0.317 e. The second-order valence-corrected chi connectivity index (χ2v) is 8.00. The summed E-state index contributed by atoms with van der Waals surface area (Å²) in [5.41, 5.74) is 0. The van der Waals surface area contributed by atoms with Crippen molar-refractivity contribution in [2.75, 3.05) is 39.5 Å². The number of rotatable bonds is 12. The van der Waals surface area contributed by atoms with E-state index in [1.807, 2.05) is 19.0 Å². The van der Waals surface area contributed by atoms with Crippen molar-refractivity contribution in [1.29, 1.82) is 0 Å². The van der Waals surface area contributed by atoms with E-state index in [9.17, 15) is 8.42 Å². The standard InChI is InChI=1S/C14H33N3O2S/c1-6-8-15-9-7-10-20(18,19)16-14(11-13(2)3)12-17(4)5/h13-16H,6-12H2,1-5H3. The van der Waals surface area contributed by atoms with Crippen molar-refractivity contribution in [2.24, 2.45) is 5.92 Å². The monoisotopic (exact) mass is 307 g/mol. The molecule has 0 aliphatic carbocycles. The molecule has 0 amide bonds. The average Bonchev–Trinajstić information content (AvgIpc) is 2.25. The van der Waals surface area contributed by atoms with Gasteiger partial charge in [0.15, 0.2) is 0 Å². The number of nitrogens with zero attached hydrogens (tertiary/aromatic N) is 1. The van der Waals surface area contributed by atoms with Gasteiger partial charge in [-0.05, 0) is 52.4 Å². The summed E-state index contributed by atoms with van der Waals surface area (Å²) < 4.78 is 27.0. The molecule has 0 aliphatic rings. The summed E-state index contributed by atoms with van der Waals surface area (Å²) in [6.07, 6.45) is 2.60. The van der Waals surface area contributed by atoms with E-state index in [1.54, 1.807) is 0 Å². The lowest BCUT2D eigenvalue weighted by atomic mass is 10.0. The zero-order valence-corrected chi connectivity index (χ0v) is 14.6. The first-order valence-corrected chi connectivity index (χ1v) is 9.27. The third-order valence-corrected chi connectivity index (χ3v) is 4.40. The van der Waals surface area contributed by atoms with Crippen molar-refractivity contribution >= 4 is 10.0 Å². The summed E-state index contributed by atoms with van der Waals surface area (Å²) in [4.78, 5) is 2.03. The van der Waals surface area contributed by atoms with Gasteiger partial charge in [0, 0.05) is 12.6 Å². The Morgan fingerprint density at radius 3 is 2.30 bits per heavy atom. The fourth-order valence-electron chi connectivity index (χ4n) is 2.17. The van der Waals surface area contributed by atoms with Crippen molar-refractivity contribution in [1.82, 2.24) is 14.9 Å². The highest BCUT2D eigenvalue weighted by Gasteiger charge is 2.19. The van der Waals surface area contributed by atoms with Crippen molar-refractivity contribution < 1.29 is 8.42 Å². The Bertz CT molecular complexity index is 319. The first-order chi connectivity index (χ1) is 9.26. The van der Waals surface area contributed by atoms with Crippen LogP contribution < -0.4 is 10.0 Å². The smallest absolute Gasteiger partial charge is 0.211 e. The number of hydrogen-bond acceptors (Lipinski definition) is 4. The van der Waals surface area contributed by atoms with E-state index in [0.29, 0.717) is 12.3 Å². The molecular weight excluding hydrogens is 274 g/mol. The molecule has 0 bridgehead atoms. The minimum absolute atomic E-state index is 0.00130. The van der Waals surface area contributed by atoms with E-state index in [0.717, 1.165) is 32.5 Å².